The molecule has 1 aliphatic rings. The van der Waals surface area contributed by atoms with Crippen molar-refractivity contribution in [2.45, 2.75) is 51.5 Å². The van der Waals surface area contributed by atoms with Crippen LogP contribution in [0.2, 0.25) is 0 Å². The van der Waals surface area contributed by atoms with Crippen LogP contribution in [0.5, 0.6) is 5.75 Å². The van der Waals surface area contributed by atoms with Crippen molar-refractivity contribution in [3.63, 3.8) is 0 Å². The minimum absolute atomic E-state index is 0.0333. The Morgan fingerprint density at radius 3 is 2.58 bits per heavy atom. The second-order valence-corrected chi connectivity index (χ2v) is 7.67. The van der Waals surface area contributed by atoms with Crippen molar-refractivity contribution in [3.8, 4) is 5.75 Å². The van der Waals surface area contributed by atoms with Crippen molar-refractivity contribution in [1.29, 1.82) is 0 Å². The number of benzene rings is 2. The largest absolute Gasteiger partial charge is 0.494 e. The van der Waals surface area contributed by atoms with Gasteiger partial charge < -0.3 is 14.8 Å². The van der Waals surface area contributed by atoms with E-state index in [-0.39, 0.29) is 37.2 Å². The van der Waals surface area contributed by atoms with Gasteiger partial charge in [0.1, 0.15) is 5.75 Å². The zero-order valence-electron chi connectivity index (χ0n) is 17.9. The zero-order valence-corrected chi connectivity index (χ0v) is 17.9. The zero-order chi connectivity index (χ0) is 22.1. The number of esters is 1. The Morgan fingerprint density at radius 1 is 1.03 bits per heavy atom. The standard InChI is InChI=1S/C25H29NO5/c1-2-16-30-20-12-10-19(11-13-20)23(27)14-15-25(29)31-17-24(28)26-22-9-5-7-18-6-3-4-8-21(18)22/h3-4,6,8,10-13,22H,2,5,7,9,14-17H2,1H3,(H,26,28)/t22-/m1/s1. The molecule has 0 heterocycles. The molecule has 0 unspecified atom stereocenters. The number of carbonyl (C=O) groups excluding carboxylic acids is 3. The van der Waals surface area contributed by atoms with Gasteiger partial charge in [-0.15, -0.1) is 0 Å². The van der Waals surface area contributed by atoms with Crippen molar-refractivity contribution in [3.05, 3.63) is 65.2 Å². The maximum Gasteiger partial charge on any atom is 0.306 e. The van der Waals surface area contributed by atoms with Crippen molar-refractivity contribution in [2.24, 2.45) is 0 Å². The maximum atomic E-state index is 12.3. The average molecular weight is 424 g/mol. The van der Waals surface area contributed by atoms with E-state index in [0.717, 1.165) is 31.2 Å². The van der Waals surface area contributed by atoms with Crippen LogP contribution in [-0.2, 0) is 20.7 Å². The minimum Gasteiger partial charge on any atom is -0.494 e. The summed E-state index contributed by atoms with van der Waals surface area (Å²) in [6, 6.07) is 14.9. The molecule has 164 valence electrons. The van der Waals surface area contributed by atoms with Crippen molar-refractivity contribution in [1.82, 2.24) is 5.32 Å². The molecule has 1 aliphatic carbocycles. The van der Waals surface area contributed by atoms with Gasteiger partial charge in [-0.25, -0.2) is 0 Å². The molecule has 0 saturated carbocycles. The van der Waals surface area contributed by atoms with Gasteiger partial charge in [0.05, 0.1) is 19.1 Å². The number of nitrogens with one attached hydrogen (secondary N) is 1. The molecule has 1 amide bonds. The number of Topliss-reactive ketones (excluding diaryl/α,β-unsaturated/α-hetero) is 1. The molecule has 0 aromatic heterocycles. The highest BCUT2D eigenvalue weighted by Crippen LogP contribution is 2.29. The Morgan fingerprint density at radius 2 is 1.81 bits per heavy atom. The van der Waals surface area contributed by atoms with Crippen LogP contribution in [0.15, 0.2) is 48.5 Å². The van der Waals surface area contributed by atoms with Gasteiger partial charge in [0, 0.05) is 12.0 Å². The minimum atomic E-state index is -0.560. The Labute approximate surface area is 182 Å². The highest BCUT2D eigenvalue weighted by Gasteiger charge is 2.22. The summed E-state index contributed by atoms with van der Waals surface area (Å²) in [6.07, 6.45) is 3.77. The van der Waals surface area contributed by atoms with Crippen LogP contribution in [0.1, 0.15) is 66.6 Å². The normalized spacial score (nSPS) is 14.9. The molecular formula is C25H29NO5. The van der Waals surface area contributed by atoms with E-state index < -0.39 is 5.97 Å². The van der Waals surface area contributed by atoms with E-state index >= 15 is 0 Å². The van der Waals surface area contributed by atoms with Gasteiger partial charge in [-0.2, -0.15) is 0 Å². The summed E-state index contributed by atoms with van der Waals surface area (Å²) in [5, 5.41) is 2.95. The lowest BCUT2D eigenvalue weighted by atomic mass is 9.88. The quantitative estimate of drug-likeness (QED) is 0.458. The molecule has 0 fully saturated rings. The van der Waals surface area contributed by atoms with Crippen LogP contribution in [-0.4, -0.2) is 30.9 Å². The molecule has 0 bridgehead atoms. The number of hydrogen-bond donors (Lipinski definition) is 1. The van der Waals surface area contributed by atoms with Gasteiger partial charge in [0.25, 0.3) is 5.91 Å². The molecule has 6 heteroatoms. The van der Waals surface area contributed by atoms with E-state index in [0.29, 0.717) is 17.9 Å². The molecule has 2 aromatic carbocycles. The number of rotatable bonds is 10. The van der Waals surface area contributed by atoms with Crippen LogP contribution in [0.25, 0.3) is 0 Å². The highest BCUT2D eigenvalue weighted by molar-refractivity contribution is 5.97. The number of aryl methyl sites for hydroxylation is 1. The van der Waals surface area contributed by atoms with E-state index in [1.165, 1.54) is 5.56 Å². The summed E-state index contributed by atoms with van der Waals surface area (Å²) < 4.78 is 10.6. The summed E-state index contributed by atoms with van der Waals surface area (Å²) in [5.41, 5.74) is 2.90. The highest BCUT2D eigenvalue weighted by atomic mass is 16.5. The maximum absolute atomic E-state index is 12.3. The van der Waals surface area contributed by atoms with Gasteiger partial charge in [0.15, 0.2) is 12.4 Å². The van der Waals surface area contributed by atoms with Crippen molar-refractivity contribution >= 4 is 17.7 Å². The number of ketones is 1. The Hall–Kier alpha value is -3.15. The number of carbonyl (C=O) groups is 3. The average Bonchev–Trinajstić information content (AvgIpc) is 2.80. The first-order valence-electron chi connectivity index (χ1n) is 10.9. The van der Waals surface area contributed by atoms with Crippen molar-refractivity contribution < 1.29 is 23.9 Å². The summed E-state index contributed by atoms with van der Waals surface area (Å²) in [5.74, 6) is -0.328. The molecule has 6 nitrogen and oxygen atoms in total. The third kappa shape index (κ3) is 6.67. The van der Waals surface area contributed by atoms with E-state index in [1.807, 2.05) is 25.1 Å². The Bertz CT molecular complexity index is 906. The van der Waals surface area contributed by atoms with E-state index in [2.05, 4.69) is 11.4 Å². The molecule has 0 aliphatic heterocycles. The van der Waals surface area contributed by atoms with Crippen LogP contribution in [0, 0.1) is 0 Å². The predicted octanol–water partition coefficient (Wildman–Crippen LogP) is 4.18. The number of amides is 1. The second-order valence-electron chi connectivity index (χ2n) is 7.67. The van der Waals surface area contributed by atoms with Gasteiger partial charge in [0.2, 0.25) is 0 Å². The molecule has 3 rings (SSSR count). The summed E-state index contributed by atoms with van der Waals surface area (Å²) >= 11 is 0. The number of fused-ring (bicyclic) bond motifs is 1. The Kier molecular flexibility index (Phi) is 8.21. The van der Waals surface area contributed by atoms with Gasteiger partial charge in [-0.1, -0.05) is 31.2 Å². The molecule has 0 spiro atoms. The van der Waals surface area contributed by atoms with Gasteiger partial charge in [-0.3, -0.25) is 14.4 Å². The molecular weight excluding hydrogens is 394 g/mol. The lowest BCUT2D eigenvalue weighted by Gasteiger charge is -2.26. The molecule has 1 N–H and O–H groups in total. The summed E-state index contributed by atoms with van der Waals surface area (Å²) in [6.45, 7) is 2.31. The fourth-order valence-electron chi connectivity index (χ4n) is 3.67. The third-order valence-corrected chi connectivity index (χ3v) is 5.27. The van der Waals surface area contributed by atoms with Gasteiger partial charge >= 0.3 is 5.97 Å². The van der Waals surface area contributed by atoms with Crippen LogP contribution >= 0.6 is 0 Å². The molecule has 0 radical (unpaired) electrons. The topological polar surface area (TPSA) is 81.7 Å². The first-order valence-corrected chi connectivity index (χ1v) is 10.9. The molecule has 1 atom stereocenters. The predicted molar refractivity (Wildman–Crippen MR) is 117 cm³/mol. The SMILES string of the molecule is CCCOc1ccc(C(=O)CCC(=O)OCC(=O)N[C@@H]2CCCc3ccccc32)cc1. The monoisotopic (exact) mass is 423 g/mol. The van der Waals surface area contributed by atoms with E-state index in [9.17, 15) is 14.4 Å². The van der Waals surface area contributed by atoms with Crippen LogP contribution in [0.3, 0.4) is 0 Å². The Balaban J connectivity index is 1.39. The van der Waals surface area contributed by atoms with Gasteiger partial charge in [-0.05, 0) is 61.1 Å². The second kappa shape index (κ2) is 11.3. The van der Waals surface area contributed by atoms with E-state index in [1.54, 1.807) is 24.3 Å². The van der Waals surface area contributed by atoms with Crippen LogP contribution in [0.4, 0.5) is 0 Å². The molecule has 0 saturated heterocycles. The summed E-state index contributed by atoms with van der Waals surface area (Å²) in [4.78, 5) is 36.5. The van der Waals surface area contributed by atoms with Crippen molar-refractivity contribution in [2.75, 3.05) is 13.2 Å². The number of ether oxygens (including phenoxy) is 2. The fraction of sp³-hybridized carbons (Fsp3) is 0.400. The van der Waals surface area contributed by atoms with E-state index in [4.69, 9.17) is 9.47 Å². The third-order valence-electron chi connectivity index (χ3n) is 5.27. The smallest absolute Gasteiger partial charge is 0.306 e. The molecule has 31 heavy (non-hydrogen) atoms. The first kappa shape index (κ1) is 22.5. The number of hydrogen-bond acceptors (Lipinski definition) is 5. The first-order chi connectivity index (χ1) is 15.1. The fourth-order valence-corrected chi connectivity index (χ4v) is 3.67. The summed E-state index contributed by atoms with van der Waals surface area (Å²) in [7, 11) is 0. The lowest BCUT2D eigenvalue weighted by molar-refractivity contribution is -0.148. The lowest BCUT2D eigenvalue weighted by Crippen LogP contribution is -2.34. The van der Waals surface area contributed by atoms with Crippen LogP contribution < -0.4 is 10.1 Å². The molecule has 2 aromatic rings.